The van der Waals surface area contributed by atoms with Crippen molar-refractivity contribution in [2.75, 3.05) is 11.9 Å². The van der Waals surface area contributed by atoms with Crippen molar-refractivity contribution in [3.8, 4) is 5.95 Å². The third-order valence-electron chi connectivity index (χ3n) is 3.22. The first kappa shape index (κ1) is 15.4. The van der Waals surface area contributed by atoms with Crippen LogP contribution in [0.2, 0.25) is 0 Å². The number of hydrogen-bond donors (Lipinski definition) is 2. The van der Waals surface area contributed by atoms with Gasteiger partial charge in [-0.15, -0.1) is 12.4 Å². The smallest absolute Gasteiger partial charge is 0.250 e. The molecule has 1 atom stereocenters. The second-order valence-electron chi connectivity index (χ2n) is 4.77. The molecule has 0 aromatic carbocycles. The van der Waals surface area contributed by atoms with Gasteiger partial charge in [-0.25, -0.2) is 14.6 Å². The molecule has 112 valence electrons. The van der Waals surface area contributed by atoms with Gasteiger partial charge in [-0.2, -0.15) is 5.10 Å². The number of aromatic nitrogens is 4. The minimum atomic E-state index is -0.00192. The van der Waals surface area contributed by atoms with Gasteiger partial charge in [0.2, 0.25) is 11.9 Å². The van der Waals surface area contributed by atoms with E-state index in [4.69, 9.17) is 0 Å². The highest BCUT2D eigenvalue weighted by atomic mass is 35.5. The van der Waals surface area contributed by atoms with Gasteiger partial charge >= 0.3 is 0 Å². The van der Waals surface area contributed by atoms with Crippen molar-refractivity contribution in [1.82, 2.24) is 25.1 Å². The molecule has 7 nitrogen and oxygen atoms in total. The molecule has 2 aromatic rings. The number of anilines is 1. The summed E-state index contributed by atoms with van der Waals surface area (Å²) >= 11 is 0. The highest BCUT2D eigenvalue weighted by Gasteiger charge is 2.18. The molecule has 3 heterocycles. The third kappa shape index (κ3) is 3.99. The molecule has 2 N–H and O–H groups in total. The molecule has 0 aliphatic carbocycles. The lowest BCUT2D eigenvalue weighted by Crippen LogP contribution is -2.27. The largest absolute Gasteiger partial charge is 0.323 e. The Labute approximate surface area is 128 Å². The zero-order valence-corrected chi connectivity index (χ0v) is 12.2. The van der Waals surface area contributed by atoms with Crippen molar-refractivity contribution in [3.63, 3.8) is 0 Å². The second kappa shape index (κ2) is 7.14. The molecular formula is C13H17ClN6O. The van der Waals surface area contributed by atoms with Crippen molar-refractivity contribution in [2.24, 2.45) is 0 Å². The van der Waals surface area contributed by atoms with Crippen LogP contribution in [0.15, 0.2) is 30.9 Å². The molecule has 1 aliphatic heterocycles. The first-order chi connectivity index (χ1) is 9.81. The summed E-state index contributed by atoms with van der Waals surface area (Å²) in [5.41, 5.74) is 0.653. The minimum absolute atomic E-state index is 0. The molecule has 8 heteroatoms. The van der Waals surface area contributed by atoms with Gasteiger partial charge in [-0.05, 0) is 25.5 Å². The van der Waals surface area contributed by atoms with E-state index >= 15 is 0 Å². The molecule has 0 saturated carbocycles. The lowest BCUT2D eigenvalue weighted by atomic mass is 10.1. The van der Waals surface area contributed by atoms with Gasteiger partial charge in [-0.3, -0.25) is 4.79 Å². The maximum Gasteiger partial charge on any atom is 0.250 e. The zero-order valence-electron chi connectivity index (χ0n) is 11.4. The Morgan fingerprint density at radius 1 is 1.43 bits per heavy atom. The van der Waals surface area contributed by atoms with Crippen LogP contribution in [-0.4, -0.2) is 38.2 Å². The highest BCUT2D eigenvalue weighted by Crippen LogP contribution is 2.12. The number of nitrogens with zero attached hydrogens (tertiary/aromatic N) is 4. The molecule has 1 fully saturated rings. The van der Waals surface area contributed by atoms with E-state index in [0.717, 1.165) is 19.4 Å². The van der Waals surface area contributed by atoms with Crippen molar-refractivity contribution < 1.29 is 4.79 Å². The summed E-state index contributed by atoms with van der Waals surface area (Å²) in [6.07, 6.45) is 9.28. The van der Waals surface area contributed by atoms with Gasteiger partial charge in [0.05, 0.1) is 18.1 Å². The summed E-state index contributed by atoms with van der Waals surface area (Å²) in [5.74, 6) is 0.475. The van der Waals surface area contributed by atoms with E-state index in [1.165, 1.54) is 4.68 Å². The maximum atomic E-state index is 11.9. The lowest BCUT2D eigenvalue weighted by Gasteiger charge is -2.08. The predicted molar refractivity (Wildman–Crippen MR) is 80.7 cm³/mol. The fraction of sp³-hybridized carbons (Fsp3) is 0.385. The fourth-order valence-electron chi connectivity index (χ4n) is 2.27. The van der Waals surface area contributed by atoms with E-state index in [1.54, 1.807) is 30.9 Å². The van der Waals surface area contributed by atoms with Gasteiger partial charge < -0.3 is 10.6 Å². The number of hydrogen-bond acceptors (Lipinski definition) is 5. The summed E-state index contributed by atoms with van der Waals surface area (Å²) in [5, 5.41) is 10.3. The van der Waals surface area contributed by atoms with Gasteiger partial charge in [0.1, 0.15) is 0 Å². The van der Waals surface area contributed by atoms with Gasteiger partial charge in [-0.1, -0.05) is 0 Å². The van der Waals surface area contributed by atoms with Crippen molar-refractivity contribution >= 4 is 24.0 Å². The molecule has 0 spiro atoms. The second-order valence-corrected chi connectivity index (χ2v) is 4.77. The van der Waals surface area contributed by atoms with Crippen LogP contribution in [-0.2, 0) is 4.79 Å². The Balaban J connectivity index is 0.00000161. The van der Waals surface area contributed by atoms with Crippen LogP contribution in [0.25, 0.3) is 5.95 Å². The van der Waals surface area contributed by atoms with Crippen LogP contribution in [0.3, 0.4) is 0 Å². The number of carbonyl (C=O) groups is 1. The first-order valence-electron chi connectivity index (χ1n) is 6.66. The van der Waals surface area contributed by atoms with Crippen LogP contribution in [0.5, 0.6) is 0 Å². The summed E-state index contributed by atoms with van der Waals surface area (Å²) in [4.78, 5) is 20.1. The number of carbonyl (C=O) groups excluding carboxylic acids is 1. The van der Waals surface area contributed by atoms with Gasteiger partial charge in [0, 0.05) is 24.9 Å². The first-order valence-corrected chi connectivity index (χ1v) is 6.66. The third-order valence-corrected chi connectivity index (χ3v) is 3.22. The average molecular weight is 309 g/mol. The maximum absolute atomic E-state index is 11.9. The van der Waals surface area contributed by atoms with Crippen molar-refractivity contribution in [2.45, 2.75) is 25.3 Å². The van der Waals surface area contributed by atoms with Crippen LogP contribution in [0.1, 0.15) is 19.3 Å². The monoisotopic (exact) mass is 308 g/mol. The molecule has 1 saturated heterocycles. The highest BCUT2D eigenvalue weighted by molar-refractivity contribution is 5.90. The van der Waals surface area contributed by atoms with Gasteiger partial charge in [0.15, 0.2) is 0 Å². The molecular weight excluding hydrogens is 292 g/mol. The Morgan fingerprint density at radius 3 is 2.95 bits per heavy atom. The van der Waals surface area contributed by atoms with Crippen molar-refractivity contribution in [3.05, 3.63) is 30.9 Å². The van der Waals surface area contributed by atoms with Crippen LogP contribution in [0, 0.1) is 0 Å². The SMILES string of the molecule is Cl.O=C(CC1CCCN1)Nc1cnn(-c2ncccn2)c1. The van der Waals surface area contributed by atoms with E-state index < -0.39 is 0 Å². The number of rotatable bonds is 4. The van der Waals surface area contributed by atoms with Crippen LogP contribution in [0.4, 0.5) is 5.69 Å². The van der Waals surface area contributed by atoms with E-state index in [-0.39, 0.29) is 18.3 Å². The normalized spacial score (nSPS) is 17.2. The Kier molecular flexibility index (Phi) is 5.24. The van der Waals surface area contributed by atoms with Crippen LogP contribution < -0.4 is 10.6 Å². The molecule has 1 unspecified atom stereocenters. The van der Waals surface area contributed by atoms with Crippen molar-refractivity contribution in [1.29, 1.82) is 0 Å². The quantitative estimate of drug-likeness (QED) is 0.885. The standard InChI is InChI=1S/C13H16N6O.ClH/c20-12(7-10-3-1-4-14-10)18-11-8-17-19(9-11)13-15-5-2-6-16-13;/h2,5-6,8-10,14H,1,3-4,7H2,(H,18,20);1H. The molecule has 2 aromatic heterocycles. The van der Waals surface area contributed by atoms with E-state index in [0.29, 0.717) is 24.1 Å². The predicted octanol–water partition coefficient (Wildman–Crippen LogP) is 1.16. The number of amides is 1. The van der Waals surface area contributed by atoms with Gasteiger partial charge in [0.25, 0.3) is 0 Å². The summed E-state index contributed by atoms with van der Waals surface area (Å²) < 4.78 is 1.53. The number of nitrogens with one attached hydrogen (secondary N) is 2. The summed E-state index contributed by atoms with van der Waals surface area (Å²) in [7, 11) is 0. The van der Waals surface area contributed by atoms with E-state index in [2.05, 4.69) is 25.7 Å². The average Bonchev–Trinajstić information content (AvgIpc) is 3.11. The van der Waals surface area contributed by atoms with E-state index in [9.17, 15) is 4.79 Å². The summed E-state index contributed by atoms with van der Waals surface area (Å²) in [6.45, 7) is 1.00. The molecule has 1 aliphatic rings. The van der Waals surface area contributed by atoms with Crippen LogP contribution >= 0.6 is 12.4 Å². The fourth-order valence-corrected chi connectivity index (χ4v) is 2.27. The molecule has 0 radical (unpaired) electrons. The van der Waals surface area contributed by atoms with E-state index in [1.807, 2.05) is 0 Å². The molecule has 21 heavy (non-hydrogen) atoms. The molecule has 3 rings (SSSR count). The Morgan fingerprint density at radius 2 is 2.24 bits per heavy atom. The molecule has 1 amide bonds. The number of halogens is 1. The lowest BCUT2D eigenvalue weighted by molar-refractivity contribution is -0.116. The molecule has 0 bridgehead atoms. The minimum Gasteiger partial charge on any atom is -0.323 e. The topological polar surface area (TPSA) is 84.7 Å². The Bertz CT molecular complexity index is 581. The Hall–Kier alpha value is -1.99. The summed E-state index contributed by atoms with van der Waals surface area (Å²) in [6, 6.07) is 2.03. The zero-order chi connectivity index (χ0) is 13.8.